The van der Waals surface area contributed by atoms with Crippen molar-refractivity contribution < 1.29 is 19.1 Å². The molecule has 1 amide bonds. The number of rotatable bonds is 4. The molecule has 5 nitrogen and oxygen atoms in total. The summed E-state index contributed by atoms with van der Waals surface area (Å²) in [5.74, 6) is 0.294. The number of hydrogen-bond acceptors (Lipinski definition) is 4. The van der Waals surface area contributed by atoms with Crippen LogP contribution in [0, 0.1) is 5.92 Å². The molecule has 0 aromatic rings. The highest BCUT2D eigenvalue weighted by molar-refractivity contribution is 6.74. The quantitative estimate of drug-likeness (QED) is 0.770. The highest BCUT2D eigenvalue weighted by Crippen LogP contribution is 2.39. The molecular weight excluding hydrogens is 322 g/mol. The Morgan fingerprint density at radius 2 is 1.79 bits per heavy atom. The third-order valence-electron chi connectivity index (χ3n) is 5.10. The lowest BCUT2D eigenvalue weighted by Crippen LogP contribution is -2.54. The smallest absolute Gasteiger partial charge is 0.410 e. The molecule has 1 saturated heterocycles. The first-order valence-electron chi connectivity index (χ1n) is 9.03. The lowest BCUT2D eigenvalue weighted by molar-refractivity contribution is -0.0125. The largest absolute Gasteiger partial charge is 0.444 e. The van der Waals surface area contributed by atoms with E-state index in [4.69, 9.17) is 9.16 Å². The van der Waals surface area contributed by atoms with E-state index in [0.717, 1.165) is 12.8 Å². The third kappa shape index (κ3) is 6.04. The van der Waals surface area contributed by atoms with Crippen molar-refractivity contribution in [1.29, 1.82) is 0 Å². The van der Waals surface area contributed by atoms with Crippen LogP contribution in [0.2, 0.25) is 18.1 Å². The van der Waals surface area contributed by atoms with Crippen molar-refractivity contribution in [3.8, 4) is 0 Å². The topological polar surface area (TPSA) is 59.0 Å². The van der Waals surface area contributed by atoms with Crippen molar-refractivity contribution in [2.75, 3.05) is 19.7 Å². The molecule has 2 unspecified atom stereocenters. The highest BCUT2D eigenvalue weighted by atomic mass is 28.4. The predicted molar refractivity (Wildman–Crippen MR) is 99.7 cm³/mol. The molecule has 1 aliphatic heterocycles. The van der Waals surface area contributed by atoms with Crippen LogP contribution in [-0.2, 0) is 9.16 Å². The summed E-state index contributed by atoms with van der Waals surface area (Å²) in [5, 5.41) is 9.49. The predicted octanol–water partition coefficient (Wildman–Crippen LogP) is 4.02. The first-order chi connectivity index (χ1) is 10.8. The minimum Gasteiger partial charge on any atom is -0.444 e. The van der Waals surface area contributed by atoms with E-state index in [-0.39, 0.29) is 23.8 Å². The molecule has 1 N–H and O–H groups in total. The van der Waals surface area contributed by atoms with Crippen LogP contribution in [0.25, 0.3) is 0 Å². The second-order valence-corrected chi connectivity index (χ2v) is 14.2. The summed E-state index contributed by atoms with van der Waals surface area (Å²) in [6.07, 6.45) is 1.27. The van der Waals surface area contributed by atoms with Crippen LogP contribution in [0.1, 0.15) is 54.4 Å². The van der Waals surface area contributed by atoms with E-state index in [1.807, 2.05) is 20.8 Å². The monoisotopic (exact) mass is 359 g/mol. The number of aliphatic hydroxyl groups excluding tert-OH is 1. The van der Waals surface area contributed by atoms with Gasteiger partial charge in [-0.25, -0.2) is 4.79 Å². The number of hydrogen-bond donors (Lipinski definition) is 1. The second kappa shape index (κ2) is 7.75. The van der Waals surface area contributed by atoms with Crippen molar-refractivity contribution >= 4 is 14.4 Å². The zero-order valence-electron chi connectivity index (χ0n) is 16.8. The van der Waals surface area contributed by atoms with Gasteiger partial charge in [0.25, 0.3) is 0 Å². The maximum absolute atomic E-state index is 12.4. The number of carbonyl (C=O) groups is 1. The van der Waals surface area contributed by atoms with Crippen molar-refractivity contribution in [1.82, 2.24) is 4.90 Å². The Hall–Kier alpha value is -0.593. The fraction of sp³-hybridized carbons (Fsp3) is 0.944. The first-order valence-corrected chi connectivity index (χ1v) is 11.9. The molecule has 1 rings (SSSR count). The summed E-state index contributed by atoms with van der Waals surface area (Å²) in [7, 11) is -1.93. The average molecular weight is 360 g/mol. The van der Waals surface area contributed by atoms with Gasteiger partial charge < -0.3 is 19.2 Å². The van der Waals surface area contributed by atoms with Gasteiger partial charge >= 0.3 is 6.09 Å². The number of nitrogens with zero attached hydrogens (tertiary/aromatic N) is 1. The third-order valence-corrected chi connectivity index (χ3v) is 9.60. The average Bonchev–Trinajstić information content (AvgIpc) is 2.37. The zero-order chi connectivity index (χ0) is 18.8. The summed E-state index contributed by atoms with van der Waals surface area (Å²) >= 11 is 0. The molecule has 2 atom stereocenters. The number of carbonyl (C=O) groups excluding carboxylic acids is 1. The Kier molecular flexibility index (Phi) is 6.92. The van der Waals surface area contributed by atoms with Gasteiger partial charge in [0.2, 0.25) is 0 Å². The molecule has 0 aromatic heterocycles. The number of aliphatic hydroxyl groups is 1. The SMILES string of the molecule is CC(C)(C)OC(=O)N1CCC(CCO)C(O[Si](C)(C)C(C)(C)C)C1. The van der Waals surface area contributed by atoms with E-state index in [1.165, 1.54) is 0 Å². The number of likely N-dealkylation sites (tertiary alicyclic amines) is 1. The number of amides is 1. The molecule has 1 fully saturated rings. The molecule has 0 saturated carbocycles. The van der Waals surface area contributed by atoms with Crippen molar-refractivity contribution in [3.63, 3.8) is 0 Å². The Morgan fingerprint density at radius 1 is 1.21 bits per heavy atom. The van der Waals surface area contributed by atoms with Crippen LogP contribution in [0.3, 0.4) is 0 Å². The fourth-order valence-corrected chi connectivity index (χ4v) is 4.02. The maximum Gasteiger partial charge on any atom is 0.410 e. The summed E-state index contributed by atoms with van der Waals surface area (Å²) in [4.78, 5) is 14.2. The molecule has 0 bridgehead atoms. The summed E-state index contributed by atoms with van der Waals surface area (Å²) in [6, 6.07) is 0. The normalized spacial score (nSPS) is 23.3. The minimum atomic E-state index is -1.93. The van der Waals surface area contributed by atoms with Crippen LogP contribution in [0.5, 0.6) is 0 Å². The number of ether oxygens (including phenoxy) is 1. The summed E-state index contributed by atoms with van der Waals surface area (Å²) < 4.78 is 12.1. The van der Waals surface area contributed by atoms with Gasteiger partial charge in [-0.05, 0) is 57.7 Å². The Labute approximate surface area is 148 Å². The molecular formula is C18H37NO4Si. The molecule has 0 aliphatic carbocycles. The zero-order valence-corrected chi connectivity index (χ0v) is 17.8. The van der Waals surface area contributed by atoms with Crippen molar-refractivity contribution in [2.45, 2.75) is 84.2 Å². The van der Waals surface area contributed by atoms with E-state index in [9.17, 15) is 9.90 Å². The van der Waals surface area contributed by atoms with E-state index >= 15 is 0 Å². The van der Waals surface area contributed by atoms with Gasteiger partial charge in [0, 0.05) is 19.7 Å². The van der Waals surface area contributed by atoms with E-state index < -0.39 is 13.9 Å². The molecule has 6 heteroatoms. The molecule has 1 heterocycles. The highest BCUT2D eigenvalue weighted by Gasteiger charge is 2.43. The van der Waals surface area contributed by atoms with Gasteiger partial charge in [-0.15, -0.1) is 0 Å². The standard InChI is InChI=1S/C18H37NO4Si/c1-17(2,3)22-16(21)19-11-9-14(10-12-20)15(13-19)23-24(7,8)18(4,5)6/h14-15,20H,9-13H2,1-8H3. The van der Waals surface area contributed by atoms with Crippen molar-refractivity contribution in [2.24, 2.45) is 5.92 Å². The molecule has 0 aromatic carbocycles. The van der Waals surface area contributed by atoms with E-state index in [2.05, 4.69) is 33.9 Å². The van der Waals surface area contributed by atoms with Gasteiger partial charge in [0.15, 0.2) is 8.32 Å². The van der Waals surface area contributed by atoms with Gasteiger partial charge in [-0.3, -0.25) is 0 Å². The van der Waals surface area contributed by atoms with E-state index in [0.29, 0.717) is 19.0 Å². The molecule has 1 aliphatic rings. The Bertz CT molecular complexity index is 426. The number of piperidine rings is 1. The molecule has 0 spiro atoms. The van der Waals surface area contributed by atoms with Gasteiger partial charge in [-0.1, -0.05) is 20.8 Å². The van der Waals surface area contributed by atoms with Crippen LogP contribution in [0.15, 0.2) is 0 Å². The minimum absolute atomic E-state index is 0.0284. The summed E-state index contributed by atoms with van der Waals surface area (Å²) in [5.41, 5.74) is -0.491. The van der Waals surface area contributed by atoms with E-state index in [1.54, 1.807) is 4.90 Å². The summed E-state index contributed by atoms with van der Waals surface area (Å²) in [6.45, 7) is 18.1. The molecule has 0 radical (unpaired) electrons. The lowest BCUT2D eigenvalue weighted by atomic mass is 9.91. The van der Waals surface area contributed by atoms with Gasteiger partial charge in [0.1, 0.15) is 5.60 Å². The van der Waals surface area contributed by atoms with Crippen LogP contribution < -0.4 is 0 Å². The van der Waals surface area contributed by atoms with Crippen LogP contribution in [0.4, 0.5) is 4.79 Å². The maximum atomic E-state index is 12.4. The molecule has 24 heavy (non-hydrogen) atoms. The van der Waals surface area contributed by atoms with Crippen molar-refractivity contribution in [3.05, 3.63) is 0 Å². The second-order valence-electron chi connectivity index (χ2n) is 9.40. The van der Waals surface area contributed by atoms with Crippen LogP contribution >= 0.6 is 0 Å². The Balaban J connectivity index is 2.85. The first kappa shape index (κ1) is 21.4. The molecule has 142 valence electrons. The Morgan fingerprint density at radius 3 is 2.25 bits per heavy atom. The fourth-order valence-electron chi connectivity index (χ4n) is 2.64. The van der Waals surface area contributed by atoms with Gasteiger partial charge in [0.05, 0.1) is 6.10 Å². The van der Waals surface area contributed by atoms with Crippen LogP contribution in [-0.4, -0.2) is 55.8 Å². The van der Waals surface area contributed by atoms with Gasteiger partial charge in [-0.2, -0.15) is 0 Å². The lowest BCUT2D eigenvalue weighted by Gasteiger charge is -2.45.